The number of nitrogens with zero attached hydrogens (tertiary/aromatic N) is 1. The van der Waals surface area contributed by atoms with Gasteiger partial charge in [0.05, 0.1) is 12.8 Å². The topological polar surface area (TPSA) is 12.5 Å². The Balaban J connectivity index is 3.20. The lowest BCUT2D eigenvalue weighted by Gasteiger charge is -2.19. The van der Waals surface area contributed by atoms with E-state index in [4.69, 9.17) is 4.74 Å². The van der Waals surface area contributed by atoms with Gasteiger partial charge >= 0.3 is 0 Å². The smallest absolute Gasteiger partial charge is 0.142 e. The van der Waals surface area contributed by atoms with E-state index in [0.717, 1.165) is 17.9 Å². The molecule has 0 radical (unpaired) electrons. The van der Waals surface area contributed by atoms with Crippen molar-refractivity contribution in [3.05, 3.63) is 36.4 Å². The minimum Gasteiger partial charge on any atom is -0.495 e. The molecular weight excluding hydrogens is 174 g/mol. The van der Waals surface area contributed by atoms with Crippen LogP contribution in [0.4, 0.5) is 5.69 Å². The largest absolute Gasteiger partial charge is 0.495 e. The van der Waals surface area contributed by atoms with Gasteiger partial charge < -0.3 is 9.64 Å². The monoisotopic (exact) mass is 191 g/mol. The highest BCUT2D eigenvalue weighted by atomic mass is 16.5. The van der Waals surface area contributed by atoms with Gasteiger partial charge in [-0.2, -0.15) is 0 Å². The van der Waals surface area contributed by atoms with E-state index in [0.29, 0.717) is 0 Å². The fraction of sp³-hybridized carbons (Fsp3) is 0.333. The molecule has 0 amide bonds. The van der Waals surface area contributed by atoms with Crippen LogP contribution in [0.5, 0.6) is 5.75 Å². The van der Waals surface area contributed by atoms with Gasteiger partial charge in [-0.15, -0.1) is 6.58 Å². The van der Waals surface area contributed by atoms with E-state index in [9.17, 15) is 0 Å². The van der Waals surface area contributed by atoms with E-state index in [-0.39, 0.29) is 0 Å². The third-order valence-electron chi connectivity index (χ3n) is 2.11. The van der Waals surface area contributed by atoms with Gasteiger partial charge in [0.15, 0.2) is 0 Å². The van der Waals surface area contributed by atoms with Crippen molar-refractivity contribution in [2.75, 3.05) is 26.1 Å². The Kier molecular flexibility index (Phi) is 3.57. The van der Waals surface area contributed by atoms with Crippen molar-refractivity contribution in [3.8, 4) is 5.75 Å². The van der Waals surface area contributed by atoms with E-state index >= 15 is 0 Å². The van der Waals surface area contributed by atoms with Crippen LogP contribution in [0.1, 0.15) is 5.56 Å². The molecule has 2 nitrogen and oxygen atoms in total. The molecule has 76 valence electrons. The maximum absolute atomic E-state index is 5.32. The summed E-state index contributed by atoms with van der Waals surface area (Å²) in [6.45, 7) is 3.75. The zero-order chi connectivity index (χ0) is 10.6. The van der Waals surface area contributed by atoms with Gasteiger partial charge in [0.25, 0.3) is 0 Å². The van der Waals surface area contributed by atoms with Crippen molar-refractivity contribution >= 4 is 5.69 Å². The Labute approximate surface area is 85.8 Å². The van der Waals surface area contributed by atoms with Crippen LogP contribution < -0.4 is 9.64 Å². The van der Waals surface area contributed by atoms with Gasteiger partial charge in [-0.1, -0.05) is 18.2 Å². The number of anilines is 1. The fourth-order valence-corrected chi connectivity index (χ4v) is 1.56. The number of allylic oxidation sites excluding steroid dienone is 1. The van der Waals surface area contributed by atoms with Crippen molar-refractivity contribution in [3.63, 3.8) is 0 Å². The molecule has 0 spiro atoms. The van der Waals surface area contributed by atoms with E-state index in [1.165, 1.54) is 5.56 Å². The van der Waals surface area contributed by atoms with E-state index in [1.807, 2.05) is 32.3 Å². The third kappa shape index (κ3) is 2.08. The molecule has 0 aromatic heterocycles. The summed E-state index contributed by atoms with van der Waals surface area (Å²) >= 11 is 0. The van der Waals surface area contributed by atoms with Crippen LogP contribution in [0.3, 0.4) is 0 Å². The van der Waals surface area contributed by atoms with Crippen LogP contribution in [0, 0.1) is 0 Å². The van der Waals surface area contributed by atoms with Gasteiger partial charge in [-0.05, 0) is 18.1 Å². The molecule has 0 aliphatic carbocycles. The second kappa shape index (κ2) is 4.70. The van der Waals surface area contributed by atoms with Gasteiger partial charge in [0.2, 0.25) is 0 Å². The molecule has 0 unspecified atom stereocenters. The van der Waals surface area contributed by atoms with Crippen LogP contribution in [-0.4, -0.2) is 21.2 Å². The molecule has 0 atom stereocenters. The minimum atomic E-state index is 0.866. The summed E-state index contributed by atoms with van der Waals surface area (Å²) in [5.41, 5.74) is 2.37. The third-order valence-corrected chi connectivity index (χ3v) is 2.11. The minimum absolute atomic E-state index is 0.866. The second-order valence-electron chi connectivity index (χ2n) is 3.36. The Morgan fingerprint density at radius 3 is 2.64 bits per heavy atom. The highest BCUT2D eigenvalue weighted by molar-refractivity contribution is 5.63. The normalized spacial score (nSPS) is 9.64. The predicted molar refractivity (Wildman–Crippen MR) is 61.2 cm³/mol. The summed E-state index contributed by atoms with van der Waals surface area (Å²) in [6, 6.07) is 6.08. The molecular formula is C12H17NO. The first-order chi connectivity index (χ1) is 6.70. The van der Waals surface area contributed by atoms with Crippen LogP contribution in [0.2, 0.25) is 0 Å². The van der Waals surface area contributed by atoms with Crippen molar-refractivity contribution in [1.29, 1.82) is 0 Å². The molecule has 0 saturated carbocycles. The summed E-state index contributed by atoms with van der Waals surface area (Å²) in [5.74, 6) is 0.911. The first kappa shape index (κ1) is 10.6. The van der Waals surface area contributed by atoms with E-state index in [2.05, 4.69) is 17.5 Å². The van der Waals surface area contributed by atoms with E-state index in [1.54, 1.807) is 7.11 Å². The quantitative estimate of drug-likeness (QED) is 0.678. The number of benzene rings is 1. The van der Waals surface area contributed by atoms with Crippen LogP contribution in [0.25, 0.3) is 0 Å². The molecule has 2 heteroatoms. The number of ether oxygens (including phenoxy) is 1. The Morgan fingerprint density at radius 2 is 2.14 bits per heavy atom. The summed E-state index contributed by atoms with van der Waals surface area (Å²) < 4.78 is 5.32. The molecule has 1 aromatic rings. The molecule has 0 aliphatic heterocycles. The van der Waals surface area contributed by atoms with Gasteiger partial charge in [-0.3, -0.25) is 0 Å². The number of methoxy groups -OCH3 is 1. The van der Waals surface area contributed by atoms with Crippen molar-refractivity contribution < 1.29 is 4.74 Å². The number of hydrogen-bond acceptors (Lipinski definition) is 2. The molecule has 0 aliphatic rings. The predicted octanol–water partition coefficient (Wildman–Crippen LogP) is 2.49. The molecule has 1 rings (SSSR count). The zero-order valence-electron chi connectivity index (χ0n) is 9.08. The summed E-state index contributed by atoms with van der Waals surface area (Å²) in [7, 11) is 5.73. The number of hydrogen-bond donors (Lipinski definition) is 0. The lowest BCUT2D eigenvalue weighted by atomic mass is 10.1. The Bertz CT molecular complexity index is 318. The maximum atomic E-state index is 5.32. The van der Waals surface area contributed by atoms with Crippen LogP contribution in [-0.2, 0) is 6.42 Å². The van der Waals surface area contributed by atoms with E-state index < -0.39 is 0 Å². The van der Waals surface area contributed by atoms with Crippen LogP contribution in [0.15, 0.2) is 30.9 Å². The fourth-order valence-electron chi connectivity index (χ4n) is 1.56. The molecule has 14 heavy (non-hydrogen) atoms. The lowest BCUT2D eigenvalue weighted by molar-refractivity contribution is 0.415. The number of rotatable bonds is 4. The van der Waals surface area contributed by atoms with Gasteiger partial charge in [0.1, 0.15) is 5.75 Å². The Morgan fingerprint density at radius 1 is 1.43 bits per heavy atom. The standard InChI is InChI=1S/C12H17NO/c1-5-7-10-8-6-9-11(14-4)12(10)13(2)3/h5-6,8-9H,1,7H2,2-4H3. The average molecular weight is 191 g/mol. The highest BCUT2D eigenvalue weighted by Crippen LogP contribution is 2.30. The average Bonchev–Trinajstić information content (AvgIpc) is 2.17. The first-order valence-corrected chi connectivity index (χ1v) is 4.64. The van der Waals surface area contributed by atoms with Crippen molar-refractivity contribution in [1.82, 2.24) is 0 Å². The summed E-state index contributed by atoms with van der Waals surface area (Å²) in [6.07, 6.45) is 2.77. The Hall–Kier alpha value is -1.44. The number of para-hydroxylation sites is 1. The van der Waals surface area contributed by atoms with Crippen molar-refractivity contribution in [2.45, 2.75) is 6.42 Å². The SMILES string of the molecule is C=CCc1cccc(OC)c1N(C)C. The van der Waals surface area contributed by atoms with Gasteiger partial charge in [0, 0.05) is 14.1 Å². The first-order valence-electron chi connectivity index (χ1n) is 4.64. The lowest BCUT2D eigenvalue weighted by Crippen LogP contribution is -2.12. The summed E-state index contributed by atoms with van der Waals surface area (Å²) in [5, 5.41) is 0. The molecule has 0 fully saturated rings. The summed E-state index contributed by atoms with van der Waals surface area (Å²) in [4.78, 5) is 2.07. The molecule has 0 saturated heterocycles. The highest BCUT2D eigenvalue weighted by Gasteiger charge is 2.09. The molecule has 0 N–H and O–H groups in total. The molecule has 0 bridgehead atoms. The molecule has 0 heterocycles. The maximum Gasteiger partial charge on any atom is 0.142 e. The molecule has 1 aromatic carbocycles. The zero-order valence-corrected chi connectivity index (χ0v) is 9.08. The second-order valence-corrected chi connectivity index (χ2v) is 3.36. The van der Waals surface area contributed by atoms with Crippen molar-refractivity contribution in [2.24, 2.45) is 0 Å². The van der Waals surface area contributed by atoms with Gasteiger partial charge in [-0.25, -0.2) is 0 Å². The van der Waals surface area contributed by atoms with Crippen LogP contribution >= 0.6 is 0 Å².